The van der Waals surface area contributed by atoms with E-state index in [1.165, 1.54) is 28.0 Å². The summed E-state index contributed by atoms with van der Waals surface area (Å²) in [6, 6.07) is 17.9. The van der Waals surface area contributed by atoms with Crippen molar-refractivity contribution in [2.24, 2.45) is 0 Å². The van der Waals surface area contributed by atoms with E-state index in [1.54, 1.807) is 0 Å². The van der Waals surface area contributed by atoms with Gasteiger partial charge in [-0.2, -0.15) is 0 Å². The highest BCUT2D eigenvalue weighted by Crippen LogP contribution is 2.24. The number of nitrogens with zero attached hydrogens (tertiary/aromatic N) is 2. The van der Waals surface area contributed by atoms with Gasteiger partial charge in [0, 0.05) is 13.1 Å². The van der Waals surface area contributed by atoms with Gasteiger partial charge in [-0.1, -0.05) is 61.4 Å². The highest BCUT2D eigenvalue weighted by Gasteiger charge is 2.19. The second-order valence-electron chi connectivity index (χ2n) is 7.48. The molecule has 0 aromatic heterocycles. The van der Waals surface area contributed by atoms with Crippen LogP contribution in [0.1, 0.15) is 56.0 Å². The fourth-order valence-electron chi connectivity index (χ4n) is 3.66. The van der Waals surface area contributed by atoms with Crippen molar-refractivity contribution >= 4 is 5.70 Å². The number of benzene rings is 2. The Morgan fingerprint density at radius 3 is 1.79 bits per heavy atom. The number of hydrogen-bond acceptors (Lipinski definition) is 2. The fourth-order valence-corrected chi connectivity index (χ4v) is 3.66. The van der Waals surface area contributed by atoms with Gasteiger partial charge in [-0.25, -0.2) is 0 Å². The molecule has 0 spiro atoms. The van der Waals surface area contributed by atoms with Gasteiger partial charge in [0.1, 0.15) is 0 Å². The minimum absolute atomic E-state index is 0.234. The van der Waals surface area contributed by atoms with Crippen LogP contribution >= 0.6 is 0 Å². The maximum Gasteiger partial charge on any atom is 0.187 e. The molecule has 1 atom stereocenters. The standard InChI is InChI=1S/C27H37N2/c1-7-28(8-2)26(24-18-14-22(5)15-19-24)12-11-13-27(29(9-3)10-4)25-20-16-23(6)17-21-25/h12-21,26H,7-10H2,1-6H3/q+1/b27-13-. The van der Waals surface area contributed by atoms with E-state index in [0.29, 0.717) is 0 Å². The molecular formula is C27H37N2+. The molecule has 0 aliphatic rings. The molecule has 154 valence electrons. The zero-order valence-electron chi connectivity index (χ0n) is 19.1. The van der Waals surface area contributed by atoms with E-state index in [0.717, 1.165) is 26.2 Å². The summed E-state index contributed by atoms with van der Waals surface area (Å²) >= 11 is 0. The SMILES string of the molecule is CCN(CC)/C(=C\[C+]=CC(c1ccc(C)cc1)N(CC)CC)c1ccc(C)cc1. The summed E-state index contributed by atoms with van der Waals surface area (Å²) in [6.45, 7) is 17.1. The molecule has 0 saturated carbocycles. The van der Waals surface area contributed by atoms with E-state index in [1.807, 2.05) is 0 Å². The minimum atomic E-state index is 0.234. The maximum atomic E-state index is 3.54. The van der Waals surface area contributed by atoms with Crippen LogP contribution in [0, 0.1) is 19.9 Å². The Bertz CT molecular complexity index is 776. The molecule has 0 amide bonds. The Morgan fingerprint density at radius 2 is 1.31 bits per heavy atom. The molecule has 2 heteroatoms. The molecule has 2 aromatic carbocycles. The number of likely N-dealkylation sites (N-methyl/N-ethyl adjacent to an activating group) is 1. The number of allylic oxidation sites excluding steroid dienone is 2. The number of hydrogen-bond donors (Lipinski definition) is 0. The number of rotatable bonds is 10. The van der Waals surface area contributed by atoms with Gasteiger partial charge in [0.2, 0.25) is 0 Å². The first-order chi connectivity index (χ1) is 14.0. The first kappa shape index (κ1) is 22.9. The second kappa shape index (κ2) is 11.6. The Hall–Kier alpha value is -2.41. The molecule has 0 fully saturated rings. The van der Waals surface area contributed by atoms with Crippen molar-refractivity contribution in [3.63, 3.8) is 0 Å². The third-order valence-corrected chi connectivity index (χ3v) is 5.55. The Balaban J connectivity index is 2.39. The summed E-state index contributed by atoms with van der Waals surface area (Å²) in [4.78, 5) is 4.86. The van der Waals surface area contributed by atoms with Gasteiger partial charge in [0.25, 0.3) is 0 Å². The van der Waals surface area contributed by atoms with Crippen molar-refractivity contribution in [2.45, 2.75) is 47.6 Å². The van der Waals surface area contributed by atoms with Crippen LogP contribution in [0.15, 0.2) is 60.7 Å². The van der Waals surface area contributed by atoms with Gasteiger partial charge in [0.15, 0.2) is 11.8 Å². The third-order valence-electron chi connectivity index (χ3n) is 5.55. The minimum Gasteiger partial charge on any atom is -0.297 e. The lowest BCUT2D eigenvalue weighted by Gasteiger charge is -2.26. The molecule has 0 heterocycles. The van der Waals surface area contributed by atoms with Crippen molar-refractivity contribution in [2.75, 3.05) is 26.2 Å². The fraction of sp³-hybridized carbons (Fsp3) is 0.407. The maximum absolute atomic E-state index is 3.54. The van der Waals surface area contributed by atoms with Crippen LogP contribution in [-0.2, 0) is 0 Å². The van der Waals surface area contributed by atoms with E-state index >= 15 is 0 Å². The molecular weight excluding hydrogens is 352 g/mol. The molecule has 0 aliphatic heterocycles. The van der Waals surface area contributed by atoms with Crippen molar-refractivity contribution in [1.82, 2.24) is 9.80 Å². The summed E-state index contributed by atoms with van der Waals surface area (Å²) in [5, 5.41) is 0. The van der Waals surface area contributed by atoms with E-state index in [4.69, 9.17) is 0 Å². The zero-order chi connectivity index (χ0) is 21.2. The second-order valence-corrected chi connectivity index (χ2v) is 7.48. The summed E-state index contributed by atoms with van der Waals surface area (Å²) in [5.74, 6) is 0. The molecule has 2 aromatic rings. The van der Waals surface area contributed by atoms with Gasteiger partial charge in [0.05, 0.1) is 23.8 Å². The van der Waals surface area contributed by atoms with Crippen LogP contribution in [0.4, 0.5) is 0 Å². The van der Waals surface area contributed by atoms with Crippen LogP contribution < -0.4 is 0 Å². The summed E-state index contributed by atoms with van der Waals surface area (Å²) in [5.41, 5.74) is 6.37. The van der Waals surface area contributed by atoms with E-state index in [9.17, 15) is 0 Å². The average molecular weight is 390 g/mol. The molecule has 0 bridgehead atoms. The lowest BCUT2D eigenvalue weighted by atomic mass is 10.0. The first-order valence-corrected chi connectivity index (χ1v) is 11.0. The topological polar surface area (TPSA) is 6.48 Å². The molecule has 0 radical (unpaired) electrons. The van der Waals surface area contributed by atoms with Gasteiger partial charge in [-0.05, 0) is 58.5 Å². The smallest absolute Gasteiger partial charge is 0.187 e. The van der Waals surface area contributed by atoms with Crippen molar-refractivity contribution in [3.05, 3.63) is 89.0 Å². The normalized spacial score (nSPS) is 13.0. The monoisotopic (exact) mass is 389 g/mol. The van der Waals surface area contributed by atoms with E-state index < -0.39 is 0 Å². The highest BCUT2D eigenvalue weighted by atomic mass is 15.1. The molecule has 0 saturated heterocycles. The quantitative estimate of drug-likeness (QED) is 0.341. The summed E-state index contributed by atoms with van der Waals surface area (Å²) in [6.07, 6.45) is 7.91. The van der Waals surface area contributed by atoms with E-state index in [2.05, 4.69) is 118 Å². The van der Waals surface area contributed by atoms with Crippen LogP contribution in [0.5, 0.6) is 0 Å². The lowest BCUT2D eigenvalue weighted by molar-refractivity contribution is 0.257. The molecule has 2 rings (SSSR count). The van der Waals surface area contributed by atoms with Gasteiger partial charge >= 0.3 is 0 Å². The average Bonchev–Trinajstić information content (AvgIpc) is 2.74. The largest absolute Gasteiger partial charge is 0.297 e. The highest BCUT2D eigenvalue weighted by molar-refractivity contribution is 5.65. The Morgan fingerprint density at radius 1 is 0.793 bits per heavy atom. The first-order valence-electron chi connectivity index (χ1n) is 11.0. The van der Waals surface area contributed by atoms with Gasteiger partial charge < -0.3 is 0 Å². The van der Waals surface area contributed by atoms with Crippen LogP contribution in [-0.4, -0.2) is 36.0 Å². The molecule has 29 heavy (non-hydrogen) atoms. The summed E-state index contributed by atoms with van der Waals surface area (Å²) < 4.78 is 0. The van der Waals surface area contributed by atoms with Gasteiger partial charge in [-0.15, -0.1) is 0 Å². The van der Waals surface area contributed by atoms with Crippen molar-refractivity contribution in [1.29, 1.82) is 0 Å². The predicted octanol–water partition coefficient (Wildman–Crippen LogP) is 6.43. The van der Waals surface area contributed by atoms with Crippen LogP contribution in [0.25, 0.3) is 5.70 Å². The van der Waals surface area contributed by atoms with Crippen molar-refractivity contribution in [3.8, 4) is 0 Å². The predicted molar refractivity (Wildman–Crippen MR) is 127 cm³/mol. The molecule has 2 nitrogen and oxygen atoms in total. The molecule has 1 unspecified atom stereocenters. The lowest BCUT2D eigenvalue weighted by Crippen LogP contribution is -2.27. The Labute approximate surface area is 178 Å². The zero-order valence-corrected chi connectivity index (χ0v) is 19.1. The van der Waals surface area contributed by atoms with E-state index in [-0.39, 0.29) is 6.04 Å². The number of aryl methyl sites for hydroxylation is 2. The van der Waals surface area contributed by atoms with Crippen molar-refractivity contribution < 1.29 is 0 Å². The van der Waals surface area contributed by atoms with Crippen LogP contribution in [0.3, 0.4) is 0 Å². The molecule has 0 aliphatic carbocycles. The third kappa shape index (κ3) is 6.29. The molecule has 0 N–H and O–H groups in total. The Kier molecular flexibility index (Phi) is 9.12. The van der Waals surface area contributed by atoms with Crippen LogP contribution in [0.2, 0.25) is 0 Å². The van der Waals surface area contributed by atoms with Gasteiger partial charge in [-0.3, -0.25) is 9.80 Å². The summed E-state index contributed by atoms with van der Waals surface area (Å²) in [7, 11) is 0.